The van der Waals surface area contributed by atoms with Crippen molar-refractivity contribution in [3.05, 3.63) is 93.3 Å². The van der Waals surface area contributed by atoms with Crippen molar-refractivity contribution in [1.29, 1.82) is 0 Å². The number of nitro groups is 1. The number of amides is 1. The molecule has 1 aliphatic carbocycles. The Labute approximate surface area is 234 Å². The number of ether oxygens (including phenoxy) is 1. The van der Waals surface area contributed by atoms with E-state index in [9.17, 15) is 20.0 Å². The van der Waals surface area contributed by atoms with Gasteiger partial charge < -0.3 is 26.2 Å². The zero-order valence-corrected chi connectivity index (χ0v) is 22.9. The second-order valence-corrected chi connectivity index (χ2v) is 11.0. The molecule has 2 aromatic carbocycles. The molecule has 1 atom stereocenters. The second kappa shape index (κ2) is 12.9. The first kappa shape index (κ1) is 29.0. The van der Waals surface area contributed by atoms with E-state index in [1.165, 1.54) is 12.3 Å². The molecule has 1 heterocycles. The lowest BCUT2D eigenvalue weighted by atomic mass is 9.93. The highest BCUT2D eigenvalue weighted by atomic mass is 16.6. The Morgan fingerprint density at radius 3 is 2.52 bits per heavy atom. The van der Waals surface area contributed by atoms with Crippen molar-refractivity contribution in [2.45, 2.75) is 51.2 Å². The van der Waals surface area contributed by atoms with Gasteiger partial charge in [-0.2, -0.15) is 0 Å². The van der Waals surface area contributed by atoms with Gasteiger partial charge in [0, 0.05) is 43.0 Å². The Balaban J connectivity index is 1.26. The van der Waals surface area contributed by atoms with Crippen molar-refractivity contribution in [2.75, 3.05) is 25.0 Å². The van der Waals surface area contributed by atoms with Gasteiger partial charge in [-0.05, 0) is 68.4 Å². The summed E-state index contributed by atoms with van der Waals surface area (Å²) in [5, 5.41) is 28.7. The van der Waals surface area contributed by atoms with Gasteiger partial charge in [0.2, 0.25) is 5.91 Å². The Hall–Kier alpha value is -4.02. The molecule has 1 amide bonds. The first-order valence-corrected chi connectivity index (χ1v) is 13.5. The van der Waals surface area contributed by atoms with Gasteiger partial charge in [-0.1, -0.05) is 30.3 Å². The lowest BCUT2D eigenvalue weighted by Crippen LogP contribution is -2.46. The third-order valence-electron chi connectivity index (χ3n) is 6.88. The average Bonchev–Trinajstić information content (AvgIpc) is 3.75. The Kier molecular flexibility index (Phi) is 9.34. The molecule has 10 heteroatoms. The van der Waals surface area contributed by atoms with Crippen LogP contribution in [0.4, 0.5) is 11.4 Å². The van der Waals surface area contributed by atoms with Gasteiger partial charge in [-0.25, -0.2) is 0 Å². The summed E-state index contributed by atoms with van der Waals surface area (Å²) in [5.41, 5.74) is 8.80. The summed E-state index contributed by atoms with van der Waals surface area (Å²) >= 11 is 0. The molecule has 0 radical (unpaired) electrons. The largest absolute Gasteiger partial charge is 0.488 e. The first-order chi connectivity index (χ1) is 19.1. The molecule has 0 bridgehead atoms. The number of carbonyl (C=O) groups is 1. The van der Waals surface area contributed by atoms with Crippen molar-refractivity contribution >= 4 is 17.3 Å². The van der Waals surface area contributed by atoms with Crippen LogP contribution in [0.25, 0.3) is 0 Å². The van der Waals surface area contributed by atoms with E-state index in [-0.39, 0.29) is 17.8 Å². The minimum absolute atomic E-state index is 0.00546. The van der Waals surface area contributed by atoms with Gasteiger partial charge in [-0.15, -0.1) is 0 Å². The first-order valence-electron chi connectivity index (χ1n) is 13.5. The van der Waals surface area contributed by atoms with Crippen LogP contribution in [0.15, 0.2) is 60.8 Å². The standard InChI is InChI=1S/C30H37N5O5/c1-30(2,15-21-8-6-20(7-9-21)14-24-13-12-23(17-32-24)29(31)37)34-18-25(36)19-40-27-5-3-4-26(35(38)39)28(27)33-16-22-10-11-22/h3-9,12-13,17,22,25,33-34,36H,10-11,14-16,18-19H2,1-2H3,(H2,31,37)/t25-/m0/s1. The fraction of sp³-hybridized carbons (Fsp3) is 0.400. The molecule has 0 aliphatic heterocycles. The van der Waals surface area contributed by atoms with Crippen LogP contribution >= 0.6 is 0 Å². The number of nitro benzene ring substituents is 1. The number of anilines is 1. The summed E-state index contributed by atoms with van der Waals surface area (Å²) in [4.78, 5) is 26.6. The number of nitrogens with two attached hydrogens (primary N) is 1. The van der Waals surface area contributed by atoms with E-state index in [0.29, 0.717) is 42.4 Å². The van der Waals surface area contributed by atoms with E-state index in [2.05, 4.69) is 53.7 Å². The van der Waals surface area contributed by atoms with E-state index in [0.717, 1.165) is 36.1 Å². The molecule has 1 saturated carbocycles. The van der Waals surface area contributed by atoms with Crippen LogP contribution in [0, 0.1) is 16.0 Å². The number of para-hydroxylation sites is 1. The number of nitrogens with one attached hydrogen (secondary N) is 2. The fourth-order valence-electron chi connectivity index (χ4n) is 4.41. The summed E-state index contributed by atoms with van der Waals surface area (Å²) in [6.45, 7) is 5.11. The third kappa shape index (κ3) is 8.49. The maximum Gasteiger partial charge on any atom is 0.296 e. The summed E-state index contributed by atoms with van der Waals surface area (Å²) in [7, 11) is 0. The van der Waals surface area contributed by atoms with E-state index in [4.69, 9.17) is 10.5 Å². The van der Waals surface area contributed by atoms with Crippen molar-refractivity contribution in [2.24, 2.45) is 11.7 Å². The number of aliphatic hydroxyl groups excluding tert-OH is 1. The molecule has 1 aromatic heterocycles. The molecule has 1 fully saturated rings. The normalized spacial score (nSPS) is 14.0. The molecule has 40 heavy (non-hydrogen) atoms. The van der Waals surface area contributed by atoms with Crippen LogP contribution in [-0.4, -0.2) is 52.3 Å². The predicted octanol–water partition coefficient (Wildman–Crippen LogP) is 3.85. The maximum absolute atomic E-state index is 11.5. The number of hydrogen-bond acceptors (Lipinski definition) is 8. The SMILES string of the molecule is CC(C)(Cc1ccc(Cc2ccc(C(N)=O)cn2)cc1)NC[C@H](O)COc1cccc([N+](=O)[O-])c1NCC1CC1. The lowest BCUT2D eigenvalue weighted by molar-refractivity contribution is -0.384. The van der Waals surface area contributed by atoms with E-state index in [1.807, 2.05) is 0 Å². The topological polar surface area (TPSA) is 153 Å². The number of β-amino-alcohol motifs (C(OH)–C–C–N with tert-alkyl or cyclic N) is 1. The van der Waals surface area contributed by atoms with Gasteiger partial charge in [0.05, 0.1) is 10.5 Å². The number of nitrogens with zero attached hydrogens (tertiary/aromatic N) is 2. The lowest BCUT2D eigenvalue weighted by Gasteiger charge is -2.28. The molecule has 3 aromatic rings. The fourth-order valence-corrected chi connectivity index (χ4v) is 4.41. The number of rotatable bonds is 15. The van der Waals surface area contributed by atoms with Crippen molar-refractivity contribution in [1.82, 2.24) is 10.3 Å². The minimum atomic E-state index is -0.800. The Morgan fingerprint density at radius 2 is 1.90 bits per heavy atom. The number of benzene rings is 2. The summed E-state index contributed by atoms with van der Waals surface area (Å²) < 4.78 is 5.82. The summed E-state index contributed by atoms with van der Waals surface area (Å²) in [6, 6.07) is 16.5. The summed E-state index contributed by atoms with van der Waals surface area (Å²) in [6.07, 6.45) is 4.33. The zero-order chi connectivity index (χ0) is 28.7. The minimum Gasteiger partial charge on any atom is -0.488 e. The molecule has 5 N–H and O–H groups in total. The number of pyridine rings is 1. The van der Waals surface area contributed by atoms with Crippen LogP contribution in [0.2, 0.25) is 0 Å². The molecule has 1 aliphatic rings. The Bertz CT molecular complexity index is 1310. The molecule has 0 saturated heterocycles. The molecule has 212 valence electrons. The highest BCUT2D eigenvalue weighted by Gasteiger charge is 2.25. The second-order valence-electron chi connectivity index (χ2n) is 11.0. The van der Waals surface area contributed by atoms with E-state index in [1.54, 1.807) is 24.3 Å². The van der Waals surface area contributed by atoms with Crippen molar-refractivity contribution < 1.29 is 19.6 Å². The quantitative estimate of drug-likeness (QED) is 0.165. The number of aromatic nitrogens is 1. The van der Waals surface area contributed by atoms with E-state index >= 15 is 0 Å². The molecule has 10 nitrogen and oxygen atoms in total. The molecular formula is C30H37N5O5. The average molecular weight is 548 g/mol. The van der Waals surface area contributed by atoms with Crippen LogP contribution in [0.3, 0.4) is 0 Å². The number of carbonyl (C=O) groups excluding carboxylic acids is 1. The number of primary amides is 1. The van der Waals surface area contributed by atoms with Crippen LogP contribution in [0.5, 0.6) is 5.75 Å². The third-order valence-corrected chi connectivity index (χ3v) is 6.88. The zero-order valence-electron chi connectivity index (χ0n) is 22.9. The van der Waals surface area contributed by atoms with Crippen molar-refractivity contribution in [3.63, 3.8) is 0 Å². The van der Waals surface area contributed by atoms with Crippen molar-refractivity contribution in [3.8, 4) is 5.75 Å². The van der Waals surface area contributed by atoms with Gasteiger partial charge in [0.1, 0.15) is 18.5 Å². The van der Waals surface area contributed by atoms with Gasteiger partial charge in [-0.3, -0.25) is 19.9 Å². The van der Waals surface area contributed by atoms with Crippen LogP contribution in [-0.2, 0) is 12.8 Å². The number of aliphatic hydroxyl groups is 1. The molecular weight excluding hydrogens is 510 g/mol. The smallest absolute Gasteiger partial charge is 0.296 e. The molecule has 0 spiro atoms. The van der Waals surface area contributed by atoms with Gasteiger partial charge in [0.25, 0.3) is 5.69 Å². The number of hydrogen-bond donors (Lipinski definition) is 4. The molecule has 4 rings (SSSR count). The maximum atomic E-state index is 11.5. The highest BCUT2D eigenvalue weighted by molar-refractivity contribution is 5.92. The van der Waals surface area contributed by atoms with Crippen LogP contribution in [0.1, 0.15) is 53.9 Å². The monoisotopic (exact) mass is 547 g/mol. The molecule has 0 unspecified atom stereocenters. The van der Waals surface area contributed by atoms with Gasteiger partial charge >= 0.3 is 0 Å². The highest BCUT2D eigenvalue weighted by Crippen LogP contribution is 2.36. The van der Waals surface area contributed by atoms with E-state index < -0.39 is 16.9 Å². The summed E-state index contributed by atoms with van der Waals surface area (Å²) in [5.74, 6) is 0.416. The van der Waals surface area contributed by atoms with Gasteiger partial charge in [0.15, 0.2) is 5.69 Å². The Morgan fingerprint density at radius 1 is 1.18 bits per heavy atom. The predicted molar refractivity (Wildman–Crippen MR) is 154 cm³/mol. The van der Waals surface area contributed by atoms with Crippen LogP contribution < -0.4 is 21.1 Å².